The summed E-state index contributed by atoms with van der Waals surface area (Å²) in [5, 5.41) is 4.49. The van der Waals surface area contributed by atoms with E-state index in [4.69, 9.17) is 5.73 Å². The third-order valence-corrected chi connectivity index (χ3v) is 3.84. The van der Waals surface area contributed by atoms with Crippen molar-refractivity contribution in [2.45, 2.75) is 45.6 Å². The predicted molar refractivity (Wildman–Crippen MR) is 75.9 cm³/mol. The highest BCUT2D eigenvalue weighted by Gasteiger charge is 2.37. The summed E-state index contributed by atoms with van der Waals surface area (Å²) < 4.78 is 1.86. The summed E-state index contributed by atoms with van der Waals surface area (Å²) in [6.07, 6.45) is 7.16. The Morgan fingerprint density at radius 3 is 2.29 bits per heavy atom. The first-order valence-electron chi connectivity index (χ1n) is 5.79. The first kappa shape index (κ1) is 16.8. The third-order valence-electron chi connectivity index (χ3n) is 3.84. The SMILES string of the molecule is Cc1cn(C)nc1[C@H](N)C1(C)CCCC1.Cl.Cl. The molecule has 1 atom stereocenters. The molecule has 17 heavy (non-hydrogen) atoms. The first-order chi connectivity index (χ1) is 7.03. The molecule has 0 aromatic carbocycles. The quantitative estimate of drug-likeness (QED) is 0.904. The molecule has 2 rings (SSSR count). The van der Waals surface area contributed by atoms with Crippen LogP contribution in [0.5, 0.6) is 0 Å². The maximum atomic E-state index is 6.37. The number of hydrogen-bond donors (Lipinski definition) is 1. The van der Waals surface area contributed by atoms with E-state index in [1.54, 1.807) is 0 Å². The van der Waals surface area contributed by atoms with E-state index in [9.17, 15) is 0 Å². The van der Waals surface area contributed by atoms with Crippen LogP contribution in [0.2, 0.25) is 0 Å². The lowest BCUT2D eigenvalue weighted by Gasteiger charge is -2.30. The van der Waals surface area contributed by atoms with Crippen LogP contribution in [0.4, 0.5) is 0 Å². The van der Waals surface area contributed by atoms with Gasteiger partial charge < -0.3 is 5.73 Å². The average Bonchev–Trinajstić information content (AvgIpc) is 2.73. The topological polar surface area (TPSA) is 43.8 Å². The normalized spacial score (nSPS) is 19.3. The van der Waals surface area contributed by atoms with Gasteiger partial charge in [0.15, 0.2) is 0 Å². The van der Waals surface area contributed by atoms with Crippen LogP contribution < -0.4 is 5.73 Å². The summed E-state index contributed by atoms with van der Waals surface area (Å²) >= 11 is 0. The maximum absolute atomic E-state index is 6.37. The summed E-state index contributed by atoms with van der Waals surface area (Å²) in [5.41, 5.74) is 8.94. The second-order valence-electron chi connectivity index (χ2n) is 5.21. The van der Waals surface area contributed by atoms with Crippen molar-refractivity contribution in [2.24, 2.45) is 18.2 Å². The molecule has 0 aliphatic heterocycles. The molecule has 0 saturated heterocycles. The number of nitrogens with zero attached hydrogens (tertiary/aromatic N) is 2. The van der Waals surface area contributed by atoms with Gasteiger partial charge in [-0.05, 0) is 30.7 Å². The van der Waals surface area contributed by atoms with E-state index in [0.29, 0.717) is 0 Å². The lowest BCUT2D eigenvalue weighted by molar-refractivity contribution is 0.259. The Hall–Kier alpha value is -0.250. The van der Waals surface area contributed by atoms with Gasteiger partial charge in [-0.15, -0.1) is 24.8 Å². The van der Waals surface area contributed by atoms with Gasteiger partial charge in [-0.3, -0.25) is 4.68 Å². The van der Waals surface area contributed by atoms with Gasteiger partial charge in [-0.1, -0.05) is 19.8 Å². The Bertz CT molecular complexity index is 357. The van der Waals surface area contributed by atoms with E-state index in [1.807, 2.05) is 17.9 Å². The number of aromatic nitrogens is 2. The number of rotatable bonds is 2. The summed E-state index contributed by atoms with van der Waals surface area (Å²) in [5.74, 6) is 0. The fraction of sp³-hybridized carbons (Fsp3) is 0.750. The van der Waals surface area contributed by atoms with Crippen molar-refractivity contribution in [3.05, 3.63) is 17.5 Å². The fourth-order valence-electron chi connectivity index (χ4n) is 2.76. The molecule has 1 aliphatic carbocycles. The second kappa shape index (κ2) is 6.07. The zero-order valence-electron chi connectivity index (χ0n) is 10.8. The minimum Gasteiger partial charge on any atom is -0.322 e. The maximum Gasteiger partial charge on any atom is 0.0826 e. The van der Waals surface area contributed by atoms with Crippen LogP contribution in [0.15, 0.2) is 6.20 Å². The zero-order chi connectivity index (χ0) is 11.1. The lowest BCUT2D eigenvalue weighted by Crippen LogP contribution is -2.30. The summed E-state index contributed by atoms with van der Waals surface area (Å²) in [4.78, 5) is 0. The highest BCUT2D eigenvalue weighted by atomic mass is 35.5. The van der Waals surface area contributed by atoms with Gasteiger partial charge in [0.25, 0.3) is 0 Å². The Labute approximate surface area is 116 Å². The third kappa shape index (κ3) is 3.15. The first-order valence-corrected chi connectivity index (χ1v) is 5.79. The summed E-state index contributed by atoms with van der Waals surface area (Å²) in [6, 6.07) is 0.0983. The molecule has 1 aromatic rings. The molecule has 1 fully saturated rings. The smallest absolute Gasteiger partial charge is 0.0826 e. The Kier molecular flexibility index (Phi) is 5.99. The molecular weight excluding hydrogens is 257 g/mol. The average molecular weight is 280 g/mol. The zero-order valence-corrected chi connectivity index (χ0v) is 12.4. The van der Waals surface area contributed by atoms with Gasteiger partial charge >= 0.3 is 0 Å². The molecule has 0 amide bonds. The molecular formula is C12H23Cl2N3. The minimum atomic E-state index is 0. The van der Waals surface area contributed by atoms with Crippen molar-refractivity contribution in [3.8, 4) is 0 Å². The Balaban J connectivity index is 0.00000128. The van der Waals surface area contributed by atoms with Gasteiger partial charge in [-0.2, -0.15) is 5.10 Å². The number of nitrogens with two attached hydrogens (primary N) is 1. The lowest BCUT2D eigenvalue weighted by atomic mass is 9.79. The monoisotopic (exact) mass is 279 g/mol. The van der Waals surface area contributed by atoms with Gasteiger partial charge in [0.1, 0.15) is 0 Å². The van der Waals surface area contributed by atoms with E-state index in [0.717, 1.165) is 5.69 Å². The standard InChI is InChI=1S/C12H21N3.2ClH/c1-9-8-15(3)14-10(9)11(13)12(2)6-4-5-7-12;;/h8,11H,4-7,13H2,1-3H3;2*1H/t11-;;/m0../s1. The second-order valence-corrected chi connectivity index (χ2v) is 5.21. The van der Waals surface area contributed by atoms with Gasteiger partial charge in [0.2, 0.25) is 0 Å². The van der Waals surface area contributed by atoms with Crippen molar-refractivity contribution in [1.82, 2.24) is 9.78 Å². The fourth-order valence-corrected chi connectivity index (χ4v) is 2.76. The number of aryl methyl sites for hydroxylation is 2. The van der Waals surface area contributed by atoms with Crippen molar-refractivity contribution in [2.75, 3.05) is 0 Å². The van der Waals surface area contributed by atoms with Crippen molar-refractivity contribution in [3.63, 3.8) is 0 Å². The predicted octanol–water partition coefficient (Wildman–Crippen LogP) is 3.15. The molecule has 1 aromatic heterocycles. The van der Waals surface area contributed by atoms with Gasteiger partial charge in [0.05, 0.1) is 11.7 Å². The Morgan fingerprint density at radius 2 is 1.88 bits per heavy atom. The van der Waals surface area contributed by atoms with Crippen LogP contribution in [-0.4, -0.2) is 9.78 Å². The van der Waals surface area contributed by atoms with E-state index in [2.05, 4.69) is 18.9 Å². The molecule has 5 heteroatoms. The number of halogens is 2. The molecule has 100 valence electrons. The molecule has 0 bridgehead atoms. The Morgan fingerprint density at radius 1 is 1.35 bits per heavy atom. The van der Waals surface area contributed by atoms with Crippen molar-refractivity contribution >= 4 is 24.8 Å². The summed E-state index contributed by atoms with van der Waals surface area (Å²) in [6.45, 7) is 4.40. The van der Waals surface area contributed by atoms with Gasteiger partial charge in [-0.25, -0.2) is 0 Å². The van der Waals surface area contributed by atoms with E-state index in [1.165, 1.54) is 31.2 Å². The molecule has 1 heterocycles. The van der Waals surface area contributed by atoms with E-state index >= 15 is 0 Å². The molecule has 0 spiro atoms. The highest BCUT2D eigenvalue weighted by Crippen LogP contribution is 2.45. The molecule has 1 saturated carbocycles. The molecule has 1 aliphatic rings. The summed E-state index contributed by atoms with van der Waals surface area (Å²) in [7, 11) is 1.96. The largest absolute Gasteiger partial charge is 0.322 e. The highest BCUT2D eigenvalue weighted by molar-refractivity contribution is 5.85. The van der Waals surface area contributed by atoms with E-state index in [-0.39, 0.29) is 36.3 Å². The van der Waals surface area contributed by atoms with Crippen molar-refractivity contribution < 1.29 is 0 Å². The molecule has 3 nitrogen and oxygen atoms in total. The van der Waals surface area contributed by atoms with E-state index < -0.39 is 0 Å². The molecule has 0 radical (unpaired) electrons. The minimum absolute atomic E-state index is 0. The van der Waals surface area contributed by atoms with Crippen LogP contribution in [-0.2, 0) is 7.05 Å². The number of hydrogen-bond acceptors (Lipinski definition) is 2. The van der Waals surface area contributed by atoms with Crippen molar-refractivity contribution in [1.29, 1.82) is 0 Å². The van der Waals surface area contributed by atoms with Gasteiger partial charge in [0, 0.05) is 13.2 Å². The van der Waals surface area contributed by atoms with Crippen LogP contribution in [0.25, 0.3) is 0 Å². The van der Waals surface area contributed by atoms with Crippen LogP contribution in [0.1, 0.15) is 49.9 Å². The van der Waals surface area contributed by atoms with Crippen LogP contribution >= 0.6 is 24.8 Å². The van der Waals surface area contributed by atoms with Crippen LogP contribution in [0, 0.1) is 12.3 Å². The molecule has 0 unspecified atom stereocenters. The molecule has 2 N–H and O–H groups in total. The van der Waals surface area contributed by atoms with Crippen LogP contribution in [0.3, 0.4) is 0 Å².